The van der Waals surface area contributed by atoms with Gasteiger partial charge in [0.05, 0.1) is 10.9 Å². The molecule has 1 saturated carbocycles. The summed E-state index contributed by atoms with van der Waals surface area (Å²) < 4.78 is 6.03. The van der Waals surface area contributed by atoms with Gasteiger partial charge in [0, 0.05) is 29.6 Å². The number of nitrogens with one attached hydrogen (secondary N) is 1. The third-order valence-corrected chi connectivity index (χ3v) is 8.42. The summed E-state index contributed by atoms with van der Waals surface area (Å²) in [7, 11) is 0. The Balaban J connectivity index is 1.27. The van der Waals surface area contributed by atoms with E-state index in [1.165, 1.54) is 31.2 Å². The molecule has 1 N–H and O–H groups in total. The topological polar surface area (TPSA) is 67.4 Å². The minimum absolute atomic E-state index is 0.00676. The first-order valence-corrected chi connectivity index (χ1v) is 12.6. The molecule has 0 radical (unpaired) electrons. The van der Waals surface area contributed by atoms with E-state index in [1.54, 1.807) is 0 Å². The van der Waals surface area contributed by atoms with Gasteiger partial charge >= 0.3 is 0 Å². The lowest BCUT2D eigenvalue weighted by atomic mass is 9.70. The number of nitrogens with zero attached hydrogens (tertiary/aromatic N) is 3. The van der Waals surface area contributed by atoms with Crippen molar-refractivity contribution in [1.29, 1.82) is 0 Å². The van der Waals surface area contributed by atoms with E-state index in [2.05, 4.69) is 57.4 Å². The Labute approximate surface area is 200 Å². The molecule has 6 nitrogen and oxygen atoms in total. The van der Waals surface area contributed by atoms with Crippen molar-refractivity contribution in [3.63, 3.8) is 0 Å². The Kier molecular flexibility index (Phi) is 5.48. The van der Waals surface area contributed by atoms with Crippen LogP contribution in [0, 0.1) is 5.41 Å². The molecular formula is C28H32N4O2. The minimum Gasteiger partial charge on any atom is -0.467 e. The third-order valence-electron chi connectivity index (χ3n) is 8.42. The highest BCUT2D eigenvalue weighted by atomic mass is 16.5. The molecule has 2 saturated heterocycles. The minimum atomic E-state index is 0.00676. The first-order chi connectivity index (χ1) is 16.6. The fourth-order valence-electron chi connectivity index (χ4n) is 6.79. The predicted molar refractivity (Wildman–Crippen MR) is 132 cm³/mol. The van der Waals surface area contributed by atoms with Gasteiger partial charge in [-0.2, -0.15) is 0 Å². The van der Waals surface area contributed by atoms with Gasteiger partial charge in [0.1, 0.15) is 6.33 Å². The van der Waals surface area contributed by atoms with E-state index < -0.39 is 0 Å². The average molecular weight is 457 g/mol. The second-order valence-corrected chi connectivity index (χ2v) is 10.4. The molecule has 2 aromatic carbocycles. The standard InChI is InChI=1S/C28H32N4O2/c1-28-16-23-22(15-19-9-3-2-4-10-19)31-24(28)13-7-8-14-25(28)32(23)26(33)17-34-27-20-11-5-6-12-21(20)29-18-30-27/h2-6,9-12,18,22-25,31H,7-8,13-17H2,1H3/t22-,23+,24-,25+,28-/m1/s1. The highest BCUT2D eigenvalue weighted by Crippen LogP contribution is 2.52. The number of benzene rings is 2. The van der Waals surface area contributed by atoms with Crippen molar-refractivity contribution in [2.24, 2.45) is 5.41 Å². The van der Waals surface area contributed by atoms with Crippen molar-refractivity contribution in [3.8, 4) is 5.88 Å². The smallest absolute Gasteiger partial charge is 0.261 e. The molecule has 34 heavy (non-hydrogen) atoms. The second-order valence-electron chi connectivity index (χ2n) is 10.4. The summed E-state index contributed by atoms with van der Waals surface area (Å²) in [4.78, 5) is 24.6. The molecule has 2 aliphatic heterocycles. The van der Waals surface area contributed by atoms with Crippen LogP contribution in [0.1, 0.15) is 44.6 Å². The summed E-state index contributed by atoms with van der Waals surface area (Å²) in [5.41, 5.74) is 2.26. The molecule has 3 heterocycles. The van der Waals surface area contributed by atoms with Gasteiger partial charge in [-0.25, -0.2) is 9.97 Å². The van der Waals surface area contributed by atoms with Crippen LogP contribution in [0.15, 0.2) is 60.9 Å². The Hall–Kier alpha value is -2.99. The molecule has 0 unspecified atom stereocenters. The molecule has 3 fully saturated rings. The Morgan fingerprint density at radius 3 is 2.76 bits per heavy atom. The zero-order valence-electron chi connectivity index (χ0n) is 19.7. The predicted octanol–water partition coefficient (Wildman–Crippen LogP) is 4.14. The summed E-state index contributed by atoms with van der Waals surface area (Å²) in [5, 5.41) is 4.84. The monoisotopic (exact) mass is 456 g/mol. The van der Waals surface area contributed by atoms with Crippen molar-refractivity contribution in [2.45, 2.75) is 69.6 Å². The molecule has 1 amide bonds. The van der Waals surface area contributed by atoms with Gasteiger partial charge in [-0.15, -0.1) is 0 Å². The van der Waals surface area contributed by atoms with E-state index in [0.717, 1.165) is 30.2 Å². The second kappa shape index (κ2) is 8.66. The molecule has 3 aromatic rings. The van der Waals surface area contributed by atoms with Crippen LogP contribution in [0.25, 0.3) is 10.9 Å². The molecule has 3 aliphatic rings. The van der Waals surface area contributed by atoms with Crippen molar-refractivity contribution >= 4 is 16.8 Å². The van der Waals surface area contributed by atoms with Gasteiger partial charge in [0.2, 0.25) is 5.88 Å². The highest BCUT2D eigenvalue weighted by molar-refractivity contribution is 5.84. The normalized spacial score (nSPS) is 30.2. The third kappa shape index (κ3) is 3.65. The molecule has 176 valence electrons. The van der Waals surface area contributed by atoms with Crippen LogP contribution in [0.2, 0.25) is 0 Å². The number of aromatic nitrogens is 2. The highest BCUT2D eigenvalue weighted by Gasteiger charge is 2.60. The summed E-state index contributed by atoms with van der Waals surface area (Å²) in [6, 6.07) is 19.6. The number of para-hydroxylation sites is 1. The van der Waals surface area contributed by atoms with E-state index in [4.69, 9.17) is 4.74 Å². The number of hydrogen-bond donors (Lipinski definition) is 1. The van der Waals surface area contributed by atoms with E-state index in [0.29, 0.717) is 11.9 Å². The molecule has 0 spiro atoms. The quantitative estimate of drug-likeness (QED) is 0.625. The molecule has 6 heteroatoms. The fourth-order valence-corrected chi connectivity index (χ4v) is 6.79. The van der Waals surface area contributed by atoms with Crippen LogP contribution in [-0.2, 0) is 11.2 Å². The Bertz CT molecular complexity index is 1180. The zero-order chi connectivity index (χ0) is 23.1. The van der Waals surface area contributed by atoms with Crippen LogP contribution < -0.4 is 10.1 Å². The van der Waals surface area contributed by atoms with E-state index >= 15 is 0 Å². The number of rotatable bonds is 5. The number of fused-ring (bicyclic) bond motifs is 2. The van der Waals surface area contributed by atoms with Crippen molar-refractivity contribution in [3.05, 3.63) is 66.5 Å². The van der Waals surface area contributed by atoms with Gasteiger partial charge in [-0.05, 0) is 43.4 Å². The van der Waals surface area contributed by atoms with Gasteiger partial charge in [-0.1, -0.05) is 62.2 Å². The van der Waals surface area contributed by atoms with Gasteiger partial charge < -0.3 is 15.0 Å². The number of carbonyl (C=O) groups excluding carboxylic acids is 1. The molecule has 6 rings (SSSR count). The van der Waals surface area contributed by atoms with Crippen molar-refractivity contribution < 1.29 is 9.53 Å². The maximum atomic E-state index is 13.8. The number of hydrogen-bond acceptors (Lipinski definition) is 5. The number of carbonyl (C=O) groups is 1. The van der Waals surface area contributed by atoms with Crippen LogP contribution in [0.3, 0.4) is 0 Å². The number of amides is 1. The van der Waals surface area contributed by atoms with Crippen LogP contribution in [-0.4, -0.2) is 51.5 Å². The van der Waals surface area contributed by atoms with Crippen molar-refractivity contribution in [1.82, 2.24) is 20.2 Å². The molecule has 1 aliphatic carbocycles. The van der Waals surface area contributed by atoms with Crippen LogP contribution in [0.4, 0.5) is 0 Å². The van der Waals surface area contributed by atoms with Crippen molar-refractivity contribution in [2.75, 3.05) is 6.61 Å². The van der Waals surface area contributed by atoms with Gasteiger partial charge in [-0.3, -0.25) is 4.79 Å². The van der Waals surface area contributed by atoms with E-state index in [-0.39, 0.29) is 36.1 Å². The number of piperidine rings is 1. The summed E-state index contributed by atoms with van der Waals surface area (Å²) in [6.45, 7) is 2.41. The summed E-state index contributed by atoms with van der Waals surface area (Å²) in [5.74, 6) is 0.550. The Morgan fingerprint density at radius 1 is 1.09 bits per heavy atom. The van der Waals surface area contributed by atoms with E-state index in [1.807, 2.05) is 24.3 Å². The molecule has 5 atom stereocenters. The molecular weight excluding hydrogens is 424 g/mol. The van der Waals surface area contributed by atoms with Crippen LogP contribution >= 0.6 is 0 Å². The lowest BCUT2D eigenvalue weighted by Gasteiger charge is -2.43. The van der Waals surface area contributed by atoms with Gasteiger partial charge in [0.25, 0.3) is 5.91 Å². The SMILES string of the molecule is C[C@@]12C[C@H]3[C@@H](Cc4ccccc4)N[C@@H]1CCCC[C@@H]2N3C(=O)COc1ncnc2ccccc12. The average Bonchev–Trinajstić information content (AvgIpc) is 3.02. The summed E-state index contributed by atoms with van der Waals surface area (Å²) >= 11 is 0. The maximum absolute atomic E-state index is 13.8. The lowest BCUT2D eigenvalue weighted by Crippen LogP contribution is -2.57. The number of likely N-dealkylation sites (tertiary alicyclic amines) is 1. The fraction of sp³-hybridized carbons (Fsp3) is 0.464. The first kappa shape index (κ1) is 21.5. The maximum Gasteiger partial charge on any atom is 0.261 e. The largest absolute Gasteiger partial charge is 0.467 e. The first-order valence-electron chi connectivity index (χ1n) is 12.6. The zero-order valence-corrected chi connectivity index (χ0v) is 19.7. The van der Waals surface area contributed by atoms with Gasteiger partial charge in [0.15, 0.2) is 6.61 Å². The molecule has 1 aromatic heterocycles. The molecule has 2 bridgehead atoms. The lowest BCUT2D eigenvalue weighted by molar-refractivity contribution is -0.137. The number of ether oxygens (including phenoxy) is 1. The van der Waals surface area contributed by atoms with E-state index in [9.17, 15) is 4.79 Å². The van der Waals surface area contributed by atoms with Crippen LogP contribution in [0.5, 0.6) is 5.88 Å². The summed E-state index contributed by atoms with van der Waals surface area (Å²) in [6.07, 6.45) is 8.16. The Morgan fingerprint density at radius 2 is 1.88 bits per heavy atom.